The van der Waals surface area contributed by atoms with Gasteiger partial charge in [0.1, 0.15) is 47.5 Å². The van der Waals surface area contributed by atoms with Crippen molar-refractivity contribution in [2.75, 3.05) is 63.6 Å². The van der Waals surface area contributed by atoms with E-state index in [2.05, 4.69) is 21.3 Å². The van der Waals surface area contributed by atoms with Crippen LogP contribution in [-0.4, -0.2) is 87.3 Å². The summed E-state index contributed by atoms with van der Waals surface area (Å²) < 4.78 is 21.1. The highest BCUT2D eigenvalue weighted by Crippen LogP contribution is 2.39. The molecular formula is C48H70N6O12. The smallest absolute Gasteiger partial charge is 0.322 e. The molecule has 0 aromatic heterocycles. The Morgan fingerprint density at radius 2 is 0.742 bits per heavy atom. The lowest BCUT2D eigenvalue weighted by atomic mass is 10.00. The summed E-state index contributed by atoms with van der Waals surface area (Å²) in [6.45, 7) is 18.3. The van der Waals surface area contributed by atoms with Crippen LogP contribution in [0.3, 0.4) is 0 Å². The molecule has 0 unspecified atom stereocenters. The first kappa shape index (κ1) is 60.6. The normalized spacial score (nSPS) is 9.30. The molecule has 66 heavy (non-hydrogen) atoms. The van der Waals surface area contributed by atoms with Gasteiger partial charge in [0, 0.05) is 12.8 Å². The van der Waals surface area contributed by atoms with Gasteiger partial charge in [-0.2, -0.15) is 0 Å². The quantitative estimate of drug-likeness (QED) is 0.0491. The predicted octanol–water partition coefficient (Wildman–Crippen LogP) is 8.34. The fourth-order valence-corrected chi connectivity index (χ4v) is 5.23. The number of hydrogen-bond acceptors (Lipinski definition) is 12. The van der Waals surface area contributed by atoms with Gasteiger partial charge in [-0.1, -0.05) is 81.4 Å². The Bertz CT molecular complexity index is 1990. The van der Waals surface area contributed by atoms with Crippen LogP contribution in [0.25, 0.3) is 22.3 Å². The van der Waals surface area contributed by atoms with Crippen LogP contribution >= 0.6 is 0 Å². The fourth-order valence-electron chi connectivity index (χ4n) is 5.23. The topological polar surface area (TPSA) is 280 Å². The van der Waals surface area contributed by atoms with E-state index in [1.807, 2.05) is 55.4 Å². The number of anilines is 4. The molecule has 0 aliphatic carbocycles. The third-order valence-corrected chi connectivity index (χ3v) is 8.27. The van der Waals surface area contributed by atoms with Gasteiger partial charge in [0.15, 0.2) is 0 Å². The Balaban J connectivity index is 0. The molecule has 0 aliphatic rings. The molecular weight excluding hydrogens is 853 g/mol. The molecule has 18 heteroatoms. The maximum Gasteiger partial charge on any atom is 0.322 e. The standard InChI is InChI=1S/2C20H23N3O6.4C2H6/c2*1-4-17(24)23-14-6-5-11(7-13(14)20(27)22-10-18(25)26)12-8-15(28-2)19(21)16(9-12)29-3;4*1-2/h2*5-9H,4,10,21H2,1-3H3,(H,22,27)(H,23,24)(H,25,26);4*1-2H3. The molecule has 4 aromatic carbocycles. The largest absolute Gasteiger partial charge is 0.494 e. The second kappa shape index (κ2) is 33.1. The number of carbonyl (C=O) groups excluding carboxylic acids is 4. The minimum Gasteiger partial charge on any atom is -0.494 e. The maximum atomic E-state index is 12.5. The van der Waals surface area contributed by atoms with Crippen molar-refractivity contribution in [1.29, 1.82) is 0 Å². The number of carboxylic acid groups (broad SMARTS) is 2. The summed E-state index contributed by atoms with van der Waals surface area (Å²) in [5.74, 6) is -2.56. The van der Waals surface area contributed by atoms with Crippen molar-refractivity contribution in [1.82, 2.24) is 10.6 Å². The second-order valence-corrected chi connectivity index (χ2v) is 12.1. The van der Waals surface area contributed by atoms with Crippen LogP contribution in [0, 0.1) is 0 Å². The summed E-state index contributed by atoms with van der Waals surface area (Å²) in [6.07, 6.45) is 0.453. The molecule has 18 nitrogen and oxygen atoms in total. The number of nitrogens with two attached hydrogens (primary N) is 2. The Morgan fingerprint density at radius 3 is 0.970 bits per heavy atom. The van der Waals surface area contributed by atoms with Gasteiger partial charge in [-0.15, -0.1) is 0 Å². The van der Waals surface area contributed by atoms with Gasteiger partial charge in [-0.05, 0) is 70.8 Å². The van der Waals surface area contributed by atoms with Crippen LogP contribution in [0.5, 0.6) is 23.0 Å². The van der Waals surface area contributed by atoms with E-state index in [1.54, 1.807) is 74.5 Å². The lowest BCUT2D eigenvalue weighted by molar-refractivity contribution is -0.136. The maximum absolute atomic E-state index is 12.5. The Kier molecular flexibility index (Phi) is 30.4. The minimum absolute atomic E-state index is 0.125. The highest BCUT2D eigenvalue weighted by atomic mass is 16.5. The molecule has 0 heterocycles. The fraction of sp³-hybridized carbons (Fsp3) is 0.375. The van der Waals surface area contributed by atoms with Crippen molar-refractivity contribution in [3.05, 3.63) is 71.8 Å². The molecule has 0 saturated carbocycles. The van der Waals surface area contributed by atoms with Crippen LogP contribution in [0.4, 0.5) is 22.7 Å². The van der Waals surface area contributed by atoms with E-state index in [9.17, 15) is 28.8 Å². The van der Waals surface area contributed by atoms with Crippen LogP contribution < -0.4 is 51.7 Å². The monoisotopic (exact) mass is 923 g/mol. The summed E-state index contributed by atoms with van der Waals surface area (Å²) in [7, 11) is 5.90. The summed E-state index contributed by atoms with van der Waals surface area (Å²) in [5, 5.41) is 27.5. The molecule has 0 spiro atoms. The summed E-state index contributed by atoms with van der Waals surface area (Å²) >= 11 is 0. The summed E-state index contributed by atoms with van der Waals surface area (Å²) in [5.41, 5.74) is 16.0. The molecule has 0 fully saturated rings. The van der Waals surface area contributed by atoms with Gasteiger partial charge in [-0.3, -0.25) is 28.8 Å². The first-order chi connectivity index (χ1) is 31.6. The van der Waals surface area contributed by atoms with E-state index >= 15 is 0 Å². The molecule has 0 bridgehead atoms. The molecule has 364 valence electrons. The molecule has 4 amide bonds. The zero-order chi connectivity index (χ0) is 51.1. The van der Waals surface area contributed by atoms with Crippen molar-refractivity contribution < 1.29 is 57.9 Å². The average Bonchev–Trinajstić information content (AvgIpc) is 3.35. The van der Waals surface area contributed by atoms with Crippen LogP contribution in [0.2, 0.25) is 0 Å². The summed E-state index contributed by atoms with van der Waals surface area (Å²) in [6, 6.07) is 16.4. The van der Waals surface area contributed by atoms with Crippen molar-refractivity contribution in [2.24, 2.45) is 0 Å². The SMILES string of the molecule is CC.CC.CC.CC.CCC(=O)Nc1ccc(-c2cc(OC)c(N)c(OC)c2)cc1C(=O)NCC(=O)O.CCC(=O)Nc1ccc(-c2cc(OC)c(N)c(OC)c2)cc1C(=O)NCC(=O)O. The predicted molar refractivity (Wildman–Crippen MR) is 262 cm³/mol. The molecule has 0 aliphatic heterocycles. The number of ether oxygens (including phenoxy) is 4. The van der Waals surface area contributed by atoms with E-state index in [1.165, 1.54) is 28.4 Å². The van der Waals surface area contributed by atoms with Gasteiger partial charge < -0.3 is 61.9 Å². The van der Waals surface area contributed by atoms with E-state index in [0.717, 1.165) is 0 Å². The molecule has 4 rings (SSSR count). The van der Waals surface area contributed by atoms with E-state index in [4.69, 9.17) is 40.6 Å². The van der Waals surface area contributed by atoms with E-state index in [-0.39, 0.29) is 47.2 Å². The molecule has 4 aromatic rings. The van der Waals surface area contributed by atoms with Crippen molar-refractivity contribution >= 4 is 58.3 Å². The number of carbonyl (C=O) groups is 6. The average molecular weight is 923 g/mol. The first-order valence-electron chi connectivity index (χ1n) is 21.5. The number of amides is 4. The number of nitrogen functional groups attached to an aromatic ring is 2. The Labute approximate surface area is 388 Å². The second-order valence-electron chi connectivity index (χ2n) is 12.1. The van der Waals surface area contributed by atoms with E-state index in [0.29, 0.717) is 56.6 Å². The number of rotatable bonds is 16. The highest BCUT2D eigenvalue weighted by Gasteiger charge is 2.19. The zero-order valence-electron chi connectivity index (χ0n) is 40.7. The Hall–Kier alpha value is -7.50. The van der Waals surface area contributed by atoms with Crippen LogP contribution in [0.1, 0.15) is 103 Å². The number of aliphatic carboxylic acids is 2. The van der Waals surface area contributed by atoms with Gasteiger partial charge in [0.05, 0.1) is 50.9 Å². The Morgan fingerprint density at radius 1 is 0.470 bits per heavy atom. The van der Waals surface area contributed by atoms with Gasteiger partial charge in [0.25, 0.3) is 11.8 Å². The number of nitrogens with one attached hydrogen (secondary N) is 4. The number of methoxy groups -OCH3 is 4. The minimum atomic E-state index is -1.18. The molecule has 0 atom stereocenters. The molecule has 0 radical (unpaired) electrons. The van der Waals surface area contributed by atoms with Crippen molar-refractivity contribution in [2.45, 2.75) is 82.1 Å². The van der Waals surface area contributed by atoms with Gasteiger partial charge in [0.2, 0.25) is 11.8 Å². The highest BCUT2D eigenvalue weighted by molar-refractivity contribution is 6.06. The number of carboxylic acids is 2. The van der Waals surface area contributed by atoms with Gasteiger partial charge >= 0.3 is 11.9 Å². The van der Waals surface area contributed by atoms with Crippen LogP contribution in [-0.2, 0) is 19.2 Å². The van der Waals surface area contributed by atoms with E-state index < -0.39 is 36.8 Å². The number of benzene rings is 4. The van der Waals surface area contributed by atoms with Gasteiger partial charge in [-0.25, -0.2) is 0 Å². The zero-order valence-corrected chi connectivity index (χ0v) is 40.7. The third kappa shape index (κ3) is 18.7. The van der Waals surface area contributed by atoms with Crippen molar-refractivity contribution in [3.63, 3.8) is 0 Å². The molecule has 0 saturated heterocycles. The first-order valence-corrected chi connectivity index (χ1v) is 21.5. The third-order valence-electron chi connectivity index (χ3n) is 8.27. The van der Waals surface area contributed by atoms with Crippen molar-refractivity contribution in [3.8, 4) is 45.3 Å². The van der Waals surface area contributed by atoms with Crippen LogP contribution in [0.15, 0.2) is 60.7 Å². The molecule has 10 N–H and O–H groups in total. The lowest BCUT2D eigenvalue weighted by Gasteiger charge is -2.15. The number of hydrogen-bond donors (Lipinski definition) is 8. The lowest BCUT2D eigenvalue weighted by Crippen LogP contribution is -2.30. The summed E-state index contributed by atoms with van der Waals surface area (Å²) in [4.78, 5) is 70.2.